The number of rotatable bonds is 8. The average Bonchev–Trinajstić information content (AvgIpc) is 2.42. The highest BCUT2D eigenvalue weighted by Crippen LogP contribution is 2.17. The normalized spacial score (nSPS) is 20.7. The predicted molar refractivity (Wildman–Crippen MR) is 76.2 cm³/mol. The molecule has 3 N–H and O–H groups in total. The molecule has 2 unspecified atom stereocenters. The third kappa shape index (κ3) is 6.20. The molecule has 0 fully saturated rings. The number of allylic oxidation sites excluding steroid dienone is 2. The molecule has 1 aliphatic rings. The molecular weight excluding hydrogens is 224 g/mol. The molecule has 0 aliphatic heterocycles. The van der Waals surface area contributed by atoms with Crippen LogP contribution in [-0.4, -0.2) is 19.0 Å². The lowest BCUT2D eigenvalue weighted by Gasteiger charge is -2.18. The van der Waals surface area contributed by atoms with Gasteiger partial charge in [0.1, 0.15) is 0 Å². The minimum Gasteiger partial charge on any atom is -0.356 e. The summed E-state index contributed by atoms with van der Waals surface area (Å²) in [6, 6.07) is 0. The number of carbonyl (C=O) groups excluding carboxylic acids is 1. The van der Waals surface area contributed by atoms with Gasteiger partial charge in [0, 0.05) is 13.0 Å². The van der Waals surface area contributed by atoms with Crippen molar-refractivity contribution < 1.29 is 4.79 Å². The van der Waals surface area contributed by atoms with E-state index in [2.05, 4.69) is 24.4 Å². The minimum atomic E-state index is 0.208. The second kappa shape index (κ2) is 9.15. The van der Waals surface area contributed by atoms with E-state index >= 15 is 0 Å². The molecule has 0 spiro atoms. The largest absolute Gasteiger partial charge is 0.356 e. The molecule has 3 nitrogen and oxygen atoms in total. The lowest BCUT2D eigenvalue weighted by Crippen LogP contribution is -2.29. The number of hydrogen-bond donors (Lipinski definition) is 2. The topological polar surface area (TPSA) is 55.1 Å². The summed E-state index contributed by atoms with van der Waals surface area (Å²) >= 11 is 0. The Hall–Kier alpha value is -0.830. The Labute approximate surface area is 111 Å². The summed E-state index contributed by atoms with van der Waals surface area (Å²) in [5, 5.41) is 3.07. The highest BCUT2D eigenvalue weighted by Gasteiger charge is 2.12. The van der Waals surface area contributed by atoms with Crippen molar-refractivity contribution in [1.29, 1.82) is 0 Å². The molecule has 2 atom stereocenters. The van der Waals surface area contributed by atoms with E-state index in [0.29, 0.717) is 18.3 Å². The van der Waals surface area contributed by atoms with Crippen molar-refractivity contribution in [2.24, 2.45) is 17.6 Å². The van der Waals surface area contributed by atoms with Crippen molar-refractivity contribution in [3.8, 4) is 0 Å². The third-order valence-electron chi connectivity index (χ3n) is 3.90. The predicted octanol–water partition coefficient (Wildman–Crippen LogP) is 2.61. The summed E-state index contributed by atoms with van der Waals surface area (Å²) < 4.78 is 0. The van der Waals surface area contributed by atoms with E-state index in [1.807, 2.05) is 0 Å². The lowest BCUT2D eigenvalue weighted by atomic mass is 9.94. The van der Waals surface area contributed by atoms with E-state index < -0.39 is 0 Å². The Morgan fingerprint density at radius 1 is 1.44 bits per heavy atom. The van der Waals surface area contributed by atoms with Crippen LogP contribution in [0.15, 0.2) is 12.2 Å². The number of nitrogens with two attached hydrogens (primary N) is 1. The zero-order valence-electron chi connectivity index (χ0n) is 11.7. The lowest BCUT2D eigenvalue weighted by molar-refractivity contribution is -0.121. The van der Waals surface area contributed by atoms with Gasteiger partial charge < -0.3 is 11.1 Å². The van der Waals surface area contributed by atoms with Crippen LogP contribution < -0.4 is 11.1 Å². The number of carbonyl (C=O) groups is 1. The molecular formula is C15H28N2O. The fourth-order valence-electron chi connectivity index (χ4n) is 2.51. The van der Waals surface area contributed by atoms with Gasteiger partial charge in [0.25, 0.3) is 0 Å². The van der Waals surface area contributed by atoms with Gasteiger partial charge in [0.2, 0.25) is 5.91 Å². The first-order chi connectivity index (χ1) is 8.76. The molecule has 0 saturated heterocycles. The first-order valence-electron chi connectivity index (χ1n) is 7.38. The van der Waals surface area contributed by atoms with Crippen molar-refractivity contribution in [3.05, 3.63) is 12.2 Å². The molecule has 3 heteroatoms. The van der Waals surface area contributed by atoms with E-state index in [4.69, 9.17) is 5.73 Å². The van der Waals surface area contributed by atoms with Gasteiger partial charge in [-0.05, 0) is 50.5 Å². The molecule has 0 radical (unpaired) electrons. The molecule has 104 valence electrons. The fourth-order valence-corrected chi connectivity index (χ4v) is 2.51. The highest BCUT2D eigenvalue weighted by atomic mass is 16.1. The molecule has 1 aliphatic carbocycles. The maximum Gasteiger partial charge on any atom is 0.220 e. The first kappa shape index (κ1) is 15.2. The number of nitrogens with one attached hydrogen (secondary N) is 1. The molecule has 0 aromatic carbocycles. The first-order valence-corrected chi connectivity index (χ1v) is 7.38. The monoisotopic (exact) mass is 252 g/mol. The van der Waals surface area contributed by atoms with E-state index in [1.165, 1.54) is 6.42 Å². The zero-order chi connectivity index (χ0) is 13.2. The summed E-state index contributed by atoms with van der Waals surface area (Å²) in [5.74, 6) is 1.46. The zero-order valence-corrected chi connectivity index (χ0v) is 11.7. The van der Waals surface area contributed by atoms with E-state index in [0.717, 1.165) is 45.2 Å². The smallest absolute Gasteiger partial charge is 0.220 e. The quantitative estimate of drug-likeness (QED) is 0.652. The third-order valence-corrected chi connectivity index (χ3v) is 3.90. The highest BCUT2D eigenvalue weighted by molar-refractivity contribution is 5.75. The summed E-state index contributed by atoms with van der Waals surface area (Å²) in [5.41, 5.74) is 5.56. The van der Waals surface area contributed by atoms with Gasteiger partial charge in [0.05, 0.1) is 0 Å². The molecule has 1 amide bonds. The molecule has 0 heterocycles. The van der Waals surface area contributed by atoms with Crippen LogP contribution in [0.1, 0.15) is 51.9 Å². The van der Waals surface area contributed by atoms with Crippen LogP contribution in [0.5, 0.6) is 0 Å². The fraction of sp³-hybridized carbons (Fsp3) is 0.800. The molecule has 0 aromatic rings. The van der Waals surface area contributed by atoms with Crippen molar-refractivity contribution in [2.45, 2.75) is 51.9 Å². The van der Waals surface area contributed by atoms with Crippen molar-refractivity contribution in [3.63, 3.8) is 0 Å². The van der Waals surface area contributed by atoms with Gasteiger partial charge >= 0.3 is 0 Å². The minimum absolute atomic E-state index is 0.208. The van der Waals surface area contributed by atoms with Crippen LogP contribution in [0.25, 0.3) is 0 Å². The maximum absolute atomic E-state index is 11.7. The average molecular weight is 252 g/mol. The Morgan fingerprint density at radius 3 is 2.89 bits per heavy atom. The van der Waals surface area contributed by atoms with Gasteiger partial charge in [-0.2, -0.15) is 0 Å². The van der Waals surface area contributed by atoms with Gasteiger partial charge in [-0.3, -0.25) is 4.79 Å². The Kier molecular flexibility index (Phi) is 7.74. The van der Waals surface area contributed by atoms with Crippen molar-refractivity contribution in [2.75, 3.05) is 13.1 Å². The number of amides is 1. The van der Waals surface area contributed by atoms with Gasteiger partial charge in [0.15, 0.2) is 0 Å². The second-order valence-electron chi connectivity index (χ2n) is 5.34. The van der Waals surface area contributed by atoms with Gasteiger partial charge in [-0.25, -0.2) is 0 Å². The van der Waals surface area contributed by atoms with E-state index in [1.54, 1.807) is 0 Å². The summed E-state index contributed by atoms with van der Waals surface area (Å²) in [7, 11) is 0. The molecule has 0 aromatic heterocycles. The van der Waals surface area contributed by atoms with Crippen molar-refractivity contribution in [1.82, 2.24) is 5.32 Å². The van der Waals surface area contributed by atoms with Crippen LogP contribution in [0.4, 0.5) is 0 Å². The maximum atomic E-state index is 11.7. The van der Waals surface area contributed by atoms with Crippen LogP contribution in [-0.2, 0) is 4.79 Å². The summed E-state index contributed by atoms with van der Waals surface area (Å²) in [4.78, 5) is 11.7. The summed E-state index contributed by atoms with van der Waals surface area (Å²) in [6.07, 6.45) is 11.7. The van der Waals surface area contributed by atoms with Crippen LogP contribution in [0.3, 0.4) is 0 Å². The Bertz CT molecular complexity index is 263. The SMILES string of the molecule is CCC(CCN)CCC(=O)NCC1CC=CCC1. The number of hydrogen-bond acceptors (Lipinski definition) is 2. The Balaban J connectivity index is 2.11. The van der Waals surface area contributed by atoms with Gasteiger partial charge in [-0.1, -0.05) is 25.5 Å². The van der Waals surface area contributed by atoms with E-state index in [-0.39, 0.29) is 5.91 Å². The van der Waals surface area contributed by atoms with E-state index in [9.17, 15) is 4.79 Å². The van der Waals surface area contributed by atoms with Crippen LogP contribution in [0, 0.1) is 11.8 Å². The standard InChI is InChI=1S/C15H28N2O/c1-2-13(10-11-16)8-9-15(18)17-12-14-6-4-3-5-7-14/h3-4,13-14H,2,5-12,16H2,1H3,(H,17,18). The van der Waals surface area contributed by atoms with Crippen LogP contribution in [0.2, 0.25) is 0 Å². The molecule has 0 bridgehead atoms. The Morgan fingerprint density at radius 2 is 2.28 bits per heavy atom. The summed E-state index contributed by atoms with van der Waals surface area (Å²) in [6.45, 7) is 3.75. The molecule has 1 rings (SSSR count). The van der Waals surface area contributed by atoms with Crippen LogP contribution >= 0.6 is 0 Å². The molecule has 0 saturated carbocycles. The van der Waals surface area contributed by atoms with Crippen molar-refractivity contribution >= 4 is 5.91 Å². The van der Waals surface area contributed by atoms with Gasteiger partial charge in [-0.15, -0.1) is 0 Å². The molecule has 18 heavy (non-hydrogen) atoms. The second-order valence-corrected chi connectivity index (χ2v) is 5.34.